The zero-order valence-electron chi connectivity index (χ0n) is 18.4. The van der Waals surface area contributed by atoms with Gasteiger partial charge in [-0.1, -0.05) is 139 Å². The lowest BCUT2D eigenvalue weighted by atomic mass is 10.3. The Morgan fingerprint density at radius 2 is 0.641 bits per heavy atom. The number of ether oxygens (including phenoxy) is 2. The van der Waals surface area contributed by atoms with Crippen LogP contribution in [0.5, 0.6) is 34.5 Å². The van der Waals surface area contributed by atoms with Gasteiger partial charge in [0.2, 0.25) is 11.5 Å². The zero-order valence-corrected chi connectivity index (χ0v) is 28.4. The molecule has 0 fully saturated rings. The largest absolute Gasteiger partial charge is 0.767 e. The minimum atomic E-state index is -4.35. The number of halogens is 12. The average molecular weight is 799 g/mol. The Morgan fingerprint density at radius 1 is 0.385 bits per heavy atom. The molecule has 0 spiro atoms. The van der Waals surface area contributed by atoms with E-state index in [0.29, 0.717) is 0 Å². The maximum atomic E-state index is 6.45. The van der Waals surface area contributed by atoms with E-state index in [1.165, 1.54) is 14.2 Å². The summed E-state index contributed by atoms with van der Waals surface area (Å²) in [6.45, 7) is 0. The highest BCUT2D eigenvalue weighted by Crippen LogP contribution is 2.74. The first-order chi connectivity index (χ1) is 18.2. The second-order valence-corrected chi connectivity index (χ2v) is 13.1. The molecule has 0 amide bonds. The van der Waals surface area contributed by atoms with Crippen LogP contribution in [0.1, 0.15) is 0 Å². The van der Waals surface area contributed by atoms with Crippen molar-refractivity contribution in [1.29, 1.82) is 0 Å². The van der Waals surface area contributed by atoms with Crippen LogP contribution in [0.15, 0.2) is 0 Å². The van der Waals surface area contributed by atoms with E-state index < -0.39 is 8.17 Å². The molecule has 0 aliphatic carbocycles. The summed E-state index contributed by atoms with van der Waals surface area (Å²) in [7, 11) is -1.82. The van der Waals surface area contributed by atoms with Crippen LogP contribution < -0.4 is 27.6 Å². The molecule has 0 unspecified atom stereocenters. The van der Waals surface area contributed by atoms with Gasteiger partial charge < -0.3 is 9.47 Å². The molecular formula is C20H6Cl12O6P+. The third-order valence-electron chi connectivity index (χ3n) is 4.77. The molecular weight excluding hydrogens is 793 g/mol. The lowest BCUT2D eigenvalue weighted by Gasteiger charge is -2.20. The summed E-state index contributed by atoms with van der Waals surface area (Å²) in [5.74, 6) is -1.36. The van der Waals surface area contributed by atoms with Gasteiger partial charge in [0.25, 0.3) is 11.5 Å². The molecule has 0 atom stereocenters. The molecule has 210 valence electrons. The van der Waals surface area contributed by atoms with Crippen molar-refractivity contribution in [2.75, 3.05) is 14.2 Å². The summed E-state index contributed by atoms with van der Waals surface area (Å²) in [5.41, 5.74) is 0. The van der Waals surface area contributed by atoms with Crippen molar-refractivity contribution in [3.05, 3.63) is 60.3 Å². The van der Waals surface area contributed by atoms with Crippen LogP contribution in [0.2, 0.25) is 60.3 Å². The molecule has 0 saturated carbocycles. The fourth-order valence-corrected chi connectivity index (χ4v) is 7.82. The van der Waals surface area contributed by atoms with Gasteiger partial charge in [0.1, 0.15) is 30.1 Å². The predicted molar refractivity (Wildman–Crippen MR) is 162 cm³/mol. The first-order valence-corrected chi connectivity index (χ1v) is 15.5. The van der Waals surface area contributed by atoms with E-state index in [1.807, 2.05) is 0 Å². The second kappa shape index (κ2) is 12.2. The van der Waals surface area contributed by atoms with Gasteiger partial charge in [-0.2, -0.15) is 0 Å². The number of hydrogen-bond donors (Lipinski definition) is 0. The minimum absolute atomic E-state index is 0.122. The molecule has 1 heterocycles. The van der Waals surface area contributed by atoms with Gasteiger partial charge in [-0.3, -0.25) is 0 Å². The molecule has 3 aromatic carbocycles. The van der Waals surface area contributed by atoms with Gasteiger partial charge in [-0.05, 0) is 0 Å². The maximum absolute atomic E-state index is 6.45. The molecule has 6 nitrogen and oxygen atoms in total. The van der Waals surface area contributed by atoms with Crippen LogP contribution in [0.3, 0.4) is 0 Å². The molecule has 4 rings (SSSR count). The Morgan fingerprint density at radius 3 is 0.923 bits per heavy atom. The molecule has 3 aromatic rings. The number of hydrogen-bond acceptors (Lipinski definition) is 6. The summed E-state index contributed by atoms with van der Waals surface area (Å²) < 4.78 is 34.9. The summed E-state index contributed by atoms with van der Waals surface area (Å²) in [6.07, 6.45) is 0. The number of rotatable bonds is 6. The first kappa shape index (κ1) is 32.3. The Bertz CT molecular complexity index is 1420. The summed E-state index contributed by atoms with van der Waals surface area (Å²) in [6, 6.07) is 0. The van der Waals surface area contributed by atoms with Gasteiger partial charge in [0.05, 0.1) is 44.4 Å². The van der Waals surface area contributed by atoms with Crippen LogP contribution in [0.4, 0.5) is 0 Å². The highest BCUT2D eigenvalue weighted by atomic mass is 35.5. The Balaban J connectivity index is 2.00. The molecule has 0 bridgehead atoms. The van der Waals surface area contributed by atoms with Gasteiger partial charge in [0.15, 0.2) is 11.5 Å². The number of fused-ring (bicyclic) bond motifs is 1. The van der Waals surface area contributed by atoms with Gasteiger partial charge in [-0.15, -0.1) is 0 Å². The topological polar surface area (TPSA) is 55.4 Å². The predicted octanol–water partition coefficient (Wildman–Crippen LogP) is 13.2. The van der Waals surface area contributed by atoms with E-state index >= 15 is 0 Å². The Kier molecular flexibility index (Phi) is 10.1. The van der Waals surface area contributed by atoms with E-state index in [0.717, 1.165) is 0 Å². The van der Waals surface area contributed by atoms with E-state index in [2.05, 4.69) is 0 Å². The van der Waals surface area contributed by atoms with Crippen LogP contribution >= 0.6 is 147 Å². The van der Waals surface area contributed by atoms with E-state index in [1.54, 1.807) is 0 Å². The van der Waals surface area contributed by atoms with E-state index in [9.17, 15) is 0 Å². The Labute approximate surface area is 281 Å². The first-order valence-electron chi connectivity index (χ1n) is 9.54. The third kappa shape index (κ3) is 5.47. The molecule has 1 aliphatic heterocycles. The Hall–Kier alpha value is 0.370. The lowest BCUT2D eigenvalue weighted by molar-refractivity contribution is 0.280. The summed E-state index contributed by atoms with van der Waals surface area (Å²) >= 11 is 75.6. The van der Waals surface area contributed by atoms with Crippen LogP contribution in [0, 0.1) is 0 Å². The van der Waals surface area contributed by atoms with Crippen molar-refractivity contribution in [3.63, 3.8) is 0 Å². The van der Waals surface area contributed by atoms with Crippen molar-refractivity contribution in [2.24, 2.45) is 0 Å². The van der Waals surface area contributed by atoms with E-state index in [4.69, 9.17) is 167 Å². The monoisotopic (exact) mass is 793 g/mol. The normalized spacial score (nSPS) is 13.5. The van der Waals surface area contributed by atoms with Gasteiger partial charge in [0, 0.05) is 0 Å². The summed E-state index contributed by atoms with van der Waals surface area (Å²) in [5, 5.41) is -2.13. The molecule has 0 aromatic heterocycles. The second-order valence-electron chi connectivity index (χ2n) is 6.96. The molecule has 39 heavy (non-hydrogen) atoms. The number of methoxy groups -OCH3 is 2. The van der Waals surface area contributed by atoms with Crippen LogP contribution in [0.25, 0.3) is 0 Å². The lowest BCUT2D eigenvalue weighted by Crippen LogP contribution is -2.17. The fraction of sp³-hybridized carbons (Fsp3) is 0.100. The third-order valence-corrected chi connectivity index (χ3v) is 11.7. The molecule has 0 saturated heterocycles. The van der Waals surface area contributed by atoms with Crippen molar-refractivity contribution in [1.82, 2.24) is 0 Å². The van der Waals surface area contributed by atoms with E-state index in [-0.39, 0.29) is 94.8 Å². The minimum Gasteiger partial charge on any atom is -0.491 e. The number of benzene rings is 3. The SMILES string of the molecule is COc1c(Cl)c(Cl)c(Cl)c(Cl)c1O[P+]1(Oc2c(Cl)c(Cl)c(Cl)c(Cl)c2OC)Oc2c(Cl)c(Cl)c(Cl)c(Cl)c2O1. The van der Waals surface area contributed by atoms with Gasteiger partial charge in [-0.25, -0.2) is 18.1 Å². The maximum Gasteiger partial charge on any atom is 0.767 e. The van der Waals surface area contributed by atoms with Crippen molar-refractivity contribution in [3.8, 4) is 34.5 Å². The molecule has 1 aliphatic rings. The molecule has 0 radical (unpaired) electrons. The fourth-order valence-electron chi connectivity index (χ4n) is 3.02. The summed E-state index contributed by atoms with van der Waals surface area (Å²) in [4.78, 5) is 0. The van der Waals surface area contributed by atoms with Crippen molar-refractivity contribution in [2.45, 2.75) is 0 Å². The van der Waals surface area contributed by atoms with Crippen LogP contribution in [-0.4, -0.2) is 14.2 Å². The highest BCUT2D eigenvalue weighted by molar-refractivity contribution is 7.58. The van der Waals surface area contributed by atoms with Gasteiger partial charge >= 0.3 is 8.17 Å². The van der Waals surface area contributed by atoms with Crippen LogP contribution in [-0.2, 0) is 0 Å². The van der Waals surface area contributed by atoms with Crippen molar-refractivity contribution >= 4 is 147 Å². The quantitative estimate of drug-likeness (QED) is 0.141. The van der Waals surface area contributed by atoms with Crippen molar-refractivity contribution < 1.29 is 27.6 Å². The average Bonchev–Trinajstić information content (AvgIpc) is 3.30. The molecule has 19 heteroatoms. The molecule has 0 N–H and O–H groups in total. The standard InChI is InChI=1S/C20H6Cl12O6P/c1-33-15-9(27)3(21)5(23)11(29)17(15)35-39(36-18-12(30)6(24)4(22)10(28)16(18)34-2)37-19-13(31)7(25)8(26)14(32)20(19)38-39/h1-2H3/q+1. The zero-order chi connectivity index (χ0) is 29.1. The highest BCUT2D eigenvalue weighted by Gasteiger charge is 2.65. The smallest absolute Gasteiger partial charge is 0.491 e.